The zero-order valence-corrected chi connectivity index (χ0v) is 14.2. The summed E-state index contributed by atoms with van der Waals surface area (Å²) >= 11 is 0. The van der Waals surface area contributed by atoms with Crippen LogP contribution < -0.4 is 10.6 Å². The van der Waals surface area contributed by atoms with E-state index < -0.39 is 0 Å². The summed E-state index contributed by atoms with van der Waals surface area (Å²) in [5, 5.41) is 0. The van der Waals surface area contributed by atoms with E-state index in [4.69, 9.17) is 15.2 Å². The first-order valence-electron chi connectivity index (χ1n) is 7.95. The Bertz CT molecular complexity index is 528. The van der Waals surface area contributed by atoms with Gasteiger partial charge in [0.2, 0.25) is 5.91 Å². The van der Waals surface area contributed by atoms with Gasteiger partial charge in [0.05, 0.1) is 6.10 Å². The zero-order valence-electron chi connectivity index (χ0n) is 14.2. The van der Waals surface area contributed by atoms with Crippen LogP contribution in [0.25, 0.3) is 0 Å². The molecule has 1 saturated heterocycles. The van der Waals surface area contributed by atoms with Gasteiger partial charge in [-0.2, -0.15) is 0 Å². The number of amides is 1. The average molecular weight is 321 g/mol. The normalized spacial score (nSPS) is 17.3. The van der Waals surface area contributed by atoms with E-state index in [-0.39, 0.29) is 18.6 Å². The number of carbonyl (C=O) groups is 1. The molecular formula is C17H27N3O3. The van der Waals surface area contributed by atoms with Gasteiger partial charge in [0.1, 0.15) is 6.61 Å². The molecule has 0 aliphatic carbocycles. The van der Waals surface area contributed by atoms with Crippen molar-refractivity contribution in [2.45, 2.75) is 25.5 Å². The van der Waals surface area contributed by atoms with Crippen LogP contribution in [0, 0.1) is 0 Å². The first-order valence-corrected chi connectivity index (χ1v) is 7.95. The summed E-state index contributed by atoms with van der Waals surface area (Å²) in [7, 11) is 5.50. The maximum Gasteiger partial charge on any atom is 0.248 e. The minimum Gasteiger partial charge on any atom is -0.399 e. The predicted molar refractivity (Wildman–Crippen MR) is 91.4 cm³/mol. The molecule has 1 aromatic carbocycles. The third-order valence-electron chi connectivity index (χ3n) is 4.02. The molecule has 6 heteroatoms. The summed E-state index contributed by atoms with van der Waals surface area (Å²) in [5.41, 5.74) is 8.71. The van der Waals surface area contributed by atoms with Crippen LogP contribution in [0.4, 0.5) is 11.4 Å². The van der Waals surface area contributed by atoms with Crippen LogP contribution in [0.3, 0.4) is 0 Å². The third-order valence-corrected chi connectivity index (χ3v) is 4.02. The quantitative estimate of drug-likeness (QED) is 0.771. The van der Waals surface area contributed by atoms with Crippen molar-refractivity contribution < 1.29 is 14.3 Å². The van der Waals surface area contributed by atoms with E-state index in [1.165, 1.54) is 7.11 Å². The van der Waals surface area contributed by atoms with Crippen molar-refractivity contribution in [2.24, 2.45) is 0 Å². The first kappa shape index (κ1) is 17.6. The Morgan fingerprint density at radius 2 is 2.22 bits per heavy atom. The van der Waals surface area contributed by atoms with Gasteiger partial charge in [0, 0.05) is 52.3 Å². The molecule has 23 heavy (non-hydrogen) atoms. The minimum absolute atomic E-state index is 0.0323. The topological polar surface area (TPSA) is 68.0 Å². The van der Waals surface area contributed by atoms with E-state index in [0.717, 1.165) is 30.7 Å². The van der Waals surface area contributed by atoms with Crippen LogP contribution in [-0.2, 0) is 20.8 Å². The molecule has 0 aromatic heterocycles. The van der Waals surface area contributed by atoms with E-state index in [2.05, 4.69) is 0 Å². The lowest BCUT2D eigenvalue weighted by Gasteiger charge is -2.27. The van der Waals surface area contributed by atoms with E-state index in [1.807, 2.05) is 37.2 Å². The van der Waals surface area contributed by atoms with Crippen molar-refractivity contribution in [3.05, 3.63) is 23.8 Å². The lowest BCUT2D eigenvalue weighted by Crippen LogP contribution is -2.39. The summed E-state index contributed by atoms with van der Waals surface area (Å²) in [6, 6.07) is 5.79. The predicted octanol–water partition coefficient (Wildman–Crippen LogP) is 1.49. The van der Waals surface area contributed by atoms with Crippen molar-refractivity contribution in [2.75, 3.05) is 51.6 Å². The largest absolute Gasteiger partial charge is 0.399 e. The number of ether oxygens (including phenoxy) is 2. The Labute approximate surface area is 138 Å². The fourth-order valence-electron chi connectivity index (χ4n) is 2.88. The summed E-state index contributed by atoms with van der Waals surface area (Å²) in [6.07, 6.45) is 2.16. The van der Waals surface area contributed by atoms with Crippen molar-refractivity contribution in [1.29, 1.82) is 0 Å². The van der Waals surface area contributed by atoms with Gasteiger partial charge in [-0.05, 0) is 36.6 Å². The smallest absolute Gasteiger partial charge is 0.248 e. The highest BCUT2D eigenvalue weighted by molar-refractivity contribution is 5.78. The number of nitrogens with two attached hydrogens (primary N) is 1. The Balaban J connectivity index is 2.18. The number of nitrogens with zero attached hydrogens (tertiary/aromatic N) is 2. The highest BCUT2D eigenvalue weighted by atomic mass is 16.5. The van der Waals surface area contributed by atoms with Gasteiger partial charge in [0.15, 0.2) is 0 Å². The van der Waals surface area contributed by atoms with Gasteiger partial charge in [-0.1, -0.05) is 0 Å². The molecule has 1 fully saturated rings. The number of hydrogen-bond donors (Lipinski definition) is 1. The molecule has 0 unspecified atom stereocenters. The number of hydrogen-bond acceptors (Lipinski definition) is 5. The number of methoxy groups -OCH3 is 1. The van der Waals surface area contributed by atoms with Crippen LogP contribution in [0.2, 0.25) is 0 Å². The molecule has 0 radical (unpaired) electrons. The standard InChI is InChI=1S/C17H27N3O3/c1-19(2)16-7-6-14(18)9-13(16)10-20(17(21)12-22-3)11-15-5-4-8-23-15/h6-7,9,15H,4-5,8,10-12,18H2,1-3H3/t15-/m1/s1. The summed E-state index contributed by atoms with van der Waals surface area (Å²) in [5.74, 6) is -0.0323. The van der Waals surface area contributed by atoms with Crippen LogP contribution in [0.1, 0.15) is 18.4 Å². The van der Waals surface area contributed by atoms with Crippen molar-refractivity contribution in [1.82, 2.24) is 4.90 Å². The van der Waals surface area contributed by atoms with Gasteiger partial charge < -0.3 is 25.0 Å². The molecule has 0 saturated carbocycles. The number of carbonyl (C=O) groups excluding carboxylic acids is 1. The summed E-state index contributed by atoms with van der Waals surface area (Å²) in [6.45, 7) is 1.94. The molecule has 1 heterocycles. The molecule has 6 nitrogen and oxygen atoms in total. The number of nitrogen functional groups attached to an aromatic ring is 1. The summed E-state index contributed by atoms with van der Waals surface area (Å²) < 4.78 is 10.7. The highest BCUT2D eigenvalue weighted by Crippen LogP contribution is 2.24. The minimum atomic E-state index is -0.0323. The highest BCUT2D eigenvalue weighted by Gasteiger charge is 2.23. The SMILES string of the molecule is COCC(=O)N(Cc1cc(N)ccc1N(C)C)C[C@H]1CCCO1. The molecular weight excluding hydrogens is 294 g/mol. The van der Waals surface area contributed by atoms with Crippen LogP contribution >= 0.6 is 0 Å². The molecule has 2 rings (SSSR count). The van der Waals surface area contributed by atoms with Gasteiger partial charge in [-0.3, -0.25) is 4.79 Å². The number of benzene rings is 1. The second-order valence-electron chi connectivity index (χ2n) is 6.12. The van der Waals surface area contributed by atoms with Crippen LogP contribution in [0.5, 0.6) is 0 Å². The van der Waals surface area contributed by atoms with Crippen molar-refractivity contribution >= 4 is 17.3 Å². The van der Waals surface area contributed by atoms with Crippen LogP contribution in [0.15, 0.2) is 18.2 Å². The van der Waals surface area contributed by atoms with E-state index >= 15 is 0 Å². The fourth-order valence-corrected chi connectivity index (χ4v) is 2.88. The van der Waals surface area contributed by atoms with Crippen LogP contribution in [-0.4, -0.2) is 57.9 Å². The molecule has 0 spiro atoms. The maximum absolute atomic E-state index is 12.4. The number of anilines is 2. The van der Waals surface area contributed by atoms with Gasteiger partial charge in [-0.15, -0.1) is 0 Å². The zero-order chi connectivity index (χ0) is 16.8. The van der Waals surface area contributed by atoms with E-state index in [1.54, 1.807) is 4.90 Å². The maximum atomic E-state index is 12.4. The Morgan fingerprint density at radius 1 is 1.43 bits per heavy atom. The lowest BCUT2D eigenvalue weighted by atomic mass is 10.1. The summed E-state index contributed by atoms with van der Waals surface area (Å²) in [4.78, 5) is 16.2. The first-order chi connectivity index (χ1) is 11.0. The van der Waals surface area contributed by atoms with E-state index in [0.29, 0.717) is 18.8 Å². The molecule has 2 N–H and O–H groups in total. The second kappa shape index (κ2) is 8.17. The van der Waals surface area contributed by atoms with Gasteiger partial charge >= 0.3 is 0 Å². The molecule has 1 amide bonds. The molecule has 1 aliphatic heterocycles. The molecule has 1 aromatic rings. The molecule has 1 aliphatic rings. The van der Waals surface area contributed by atoms with Crippen molar-refractivity contribution in [3.63, 3.8) is 0 Å². The molecule has 0 bridgehead atoms. The number of rotatable bonds is 7. The second-order valence-corrected chi connectivity index (χ2v) is 6.12. The Kier molecular flexibility index (Phi) is 6.24. The van der Waals surface area contributed by atoms with Crippen molar-refractivity contribution in [3.8, 4) is 0 Å². The molecule has 1 atom stereocenters. The van der Waals surface area contributed by atoms with Gasteiger partial charge in [0.25, 0.3) is 0 Å². The fraction of sp³-hybridized carbons (Fsp3) is 0.588. The lowest BCUT2D eigenvalue weighted by molar-refractivity contribution is -0.137. The monoisotopic (exact) mass is 321 g/mol. The Hall–Kier alpha value is -1.79. The average Bonchev–Trinajstić information content (AvgIpc) is 2.99. The van der Waals surface area contributed by atoms with E-state index in [9.17, 15) is 4.79 Å². The van der Waals surface area contributed by atoms with Gasteiger partial charge in [-0.25, -0.2) is 0 Å². The third kappa shape index (κ3) is 4.84. The Morgan fingerprint density at radius 3 is 2.83 bits per heavy atom. The molecule has 128 valence electrons.